The van der Waals surface area contributed by atoms with E-state index in [0.29, 0.717) is 10.6 Å². The standard InChI is InChI=1S/C25H28ClN3O4/c1-15-12-13-16-10-8-9-11-17(16)20(15)18-14-19(26)28-21(27-18)29(22(30)32-24(2,3)4)23(31)33-25(5,6)7/h8-14H,1-7H3. The van der Waals surface area contributed by atoms with Gasteiger partial charge in [0.2, 0.25) is 5.95 Å². The molecule has 0 saturated carbocycles. The van der Waals surface area contributed by atoms with Crippen molar-refractivity contribution in [1.29, 1.82) is 0 Å². The minimum atomic E-state index is -0.959. The highest BCUT2D eigenvalue weighted by Gasteiger charge is 2.35. The van der Waals surface area contributed by atoms with Crippen LogP contribution in [0.15, 0.2) is 42.5 Å². The monoisotopic (exact) mass is 469 g/mol. The van der Waals surface area contributed by atoms with Crippen molar-refractivity contribution in [3.8, 4) is 11.3 Å². The number of fused-ring (bicyclic) bond motifs is 1. The SMILES string of the molecule is Cc1ccc2ccccc2c1-c1cc(Cl)nc(N(C(=O)OC(C)(C)C)C(=O)OC(C)(C)C)n1. The van der Waals surface area contributed by atoms with Crippen LogP contribution in [0.1, 0.15) is 47.1 Å². The fraction of sp³-hybridized carbons (Fsp3) is 0.360. The number of anilines is 1. The number of imide groups is 1. The second-order valence-electron chi connectivity index (χ2n) is 9.65. The molecule has 0 aliphatic rings. The van der Waals surface area contributed by atoms with Gasteiger partial charge in [-0.1, -0.05) is 48.0 Å². The molecule has 1 aromatic heterocycles. The lowest BCUT2D eigenvalue weighted by molar-refractivity contribution is 0.0427. The Morgan fingerprint density at radius 3 is 2.03 bits per heavy atom. The molecule has 174 valence electrons. The second-order valence-corrected chi connectivity index (χ2v) is 10.0. The molecule has 2 amide bonds. The third-order valence-corrected chi connectivity index (χ3v) is 4.62. The Labute approximate surface area is 198 Å². The molecule has 0 atom stereocenters. The first-order valence-corrected chi connectivity index (χ1v) is 10.9. The number of carbonyl (C=O) groups is 2. The predicted molar refractivity (Wildman–Crippen MR) is 130 cm³/mol. The van der Waals surface area contributed by atoms with Crippen LogP contribution in [0.25, 0.3) is 22.0 Å². The number of halogens is 1. The smallest absolute Gasteiger partial charge is 0.427 e. The molecule has 7 nitrogen and oxygen atoms in total. The van der Waals surface area contributed by atoms with Gasteiger partial charge in [0.1, 0.15) is 16.4 Å². The molecule has 0 aliphatic carbocycles. The molecule has 2 aromatic carbocycles. The van der Waals surface area contributed by atoms with Crippen LogP contribution in [-0.2, 0) is 9.47 Å². The highest BCUT2D eigenvalue weighted by atomic mass is 35.5. The maximum absolute atomic E-state index is 13.0. The fourth-order valence-corrected chi connectivity index (χ4v) is 3.39. The van der Waals surface area contributed by atoms with Crippen LogP contribution in [0.2, 0.25) is 5.15 Å². The number of hydrogen-bond acceptors (Lipinski definition) is 6. The summed E-state index contributed by atoms with van der Waals surface area (Å²) < 4.78 is 10.9. The normalized spacial score (nSPS) is 11.9. The third-order valence-electron chi connectivity index (χ3n) is 4.43. The molecule has 0 fully saturated rings. The minimum absolute atomic E-state index is 0.0689. The number of aryl methyl sites for hydroxylation is 1. The second kappa shape index (κ2) is 8.98. The van der Waals surface area contributed by atoms with Gasteiger partial charge in [0, 0.05) is 11.6 Å². The van der Waals surface area contributed by atoms with Gasteiger partial charge in [-0.15, -0.1) is 4.90 Å². The van der Waals surface area contributed by atoms with Crippen molar-refractivity contribution in [2.75, 3.05) is 4.90 Å². The van der Waals surface area contributed by atoms with E-state index in [9.17, 15) is 9.59 Å². The van der Waals surface area contributed by atoms with E-state index in [1.54, 1.807) is 47.6 Å². The van der Waals surface area contributed by atoms with Crippen LogP contribution in [0.4, 0.5) is 15.5 Å². The predicted octanol–water partition coefficient (Wildman–Crippen LogP) is 6.94. The van der Waals surface area contributed by atoms with E-state index in [1.165, 1.54) is 0 Å². The van der Waals surface area contributed by atoms with Crippen LogP contribution in [0, 0.1) is 6.92 Å². The first-order chi connectivity index (χ1) is 15.2. The lowest BCUT2D eigenvalue weighted by Gasteiger charge is -2.27. The Hall–Kier alpha value is -3.19. The minimum Gasteiger partial charge on any atom is -0.443 e. The van der Waals surface area contributed by atoms with Gasteiger partial charge >= 0.3 is 12.2 Å². The highest BCUT2D eigenvalue weighted by Crippen LogP contribution is 2.33. The molecule has 8 heteroatoms. The van der Waals surface area contributed by atoms with E-state index in [0.717, 1.165) is 21.9 Å². The van der Waals surface area contributed by atoms with Crippen molar-refractivity contribution < 1.29 is 19.1 Å². The first kappa shape index (κ1) is 24.5. The van der Waals surface area contributed by atoms with Crippen molar-refractivity contribution in [1.82, 2.24) is 9.97 Å². The quantitative estimate of drug-likeness (QED) is 0.378. The Balaban J connectivity index is 2.18. The molecular weight excluding hydrogens is 442 g/mol. The topological polar surface area (TPSA) is 81.6 Å². The van der Waals surface area contributed by atoms with Crippen molar-refractivity contribution in [2.24, 2.45) is 0 Å². The van der Waals surface area contributed by atoms with Crippen molar-refractivity contribution in [3.05, 3.63) is 53.2 Å². The van der Waals surface area contributed by atoms with E-state index in [2.05, 4.69) is 9.97 Å². The van der Waals surface area contributed by atoms with Crippen LogP contribution < -0.4 is 4.90 Å². The summed E-state index contributed by atoms with van der Waals surface area (Å²) in [6.07, 6.45) is -1.92. The number of aromatic nitrogens is 2. The van der Waals surface area contributed by atoms with Crippen LogP contribution in [-0.4, -0.2) is 33.4 Å². The Kier molecular flexibility index (Phi) is 6.65. The van der Waals surface area contributed by atoms with Gasteiger partial charge in [-0.05, 0) is 64.8 Å². The zero-order valence-corrected chi connectivity index (χ0v) is 20.6. The average molecular weight is 470 g/mol. The lowest BCUT2D eigenvalue weighted by atomic mass is 9.97. The van der Waals surface area contributed by atoms with Gasteiger partial charge < -0.3 is 9.47 Å². The zero-order valence-electron chi connectivity index (χ0n) is 19.9. The molecule has 3 aromatic rings. The molecule has 33 heavy (non-hydrogen) atoms. The number of rotatable bonds is 2. The number of hydrogen-bond donors (Lipinski definition) is 0. The van der Waals surface area contributed by atoms with Gasteiger partial charge in [0.15, 0.2) is 0 Å². The summed E-state index contributed by atoms with van der Waals surface area (Å²) in [5.41, 5.74) is 0.537. The molecule has 0 aliphatic heterocycles. The van der Waals surface area contributed by atoms with Crippen molar-refractivity contribution >= 4 is 40.5 Å². The van der Waals surface area contributed by atoms with E-state index in [4.69, 9.17) is 21.1 Å². The molecular formula is C25H28ClN3O4. The summed E-state index contributed by atoms with van der Waals surface area (Å²) in [5.74, 6) is -0.228. The summed E-state index contributed by atoms with van der Waals surface area (Å²) in [6, 6.07) is 13.5. The highest BCUT2D eigenvalue weighted by molar-refractivity contribution is 6.30. The fourth-order valence-electron chi connectivity index (χ4n) is 3.21. The average Bonchev–Trinajstić information content (AvgIpc) is 2.64. The van der Waals surface area contributed by atoms with Gasteiger partial charge in [0.25, 0.3) is 0 Å². The van der Waals surface area contributed by atoms with E-state index in [-0.39, 0.29) is 11.1 Å². The van der Waals surface area contributed by atoms with Crippen molar-refractivity contribution in [3.63, 3.8) is 0 Å². The Morgan fingerprint density at radius 1 is 0.879 bits per heavy atom. The molecule has 0 saturated heterocycles. The summed E-state index contributed by atoms with van der Waals surface area (Å²) >= 11 is 6.34. The molecule has 1 heterocycles. The van der Waals surface area contributed by atoms with Gasteiger partial charge in [-0.2, -0.15) is 4.98 Å². The summed E-state index contributed by atoms with van der Waals surface area (Å²) in [6.45, 7) is 12.1. The van der Waals surface area contributed by atoms with Crippen LogP contribution >= 0.6 is 11.6 Å². The summed E-state index contributed by atoms with van der Waals surface area (Å²) in [7, 11) is 0. The molecule has 0 N–H and O–H groups in total. The maximum atomic E-state index is 13.0. The lowest BCUT2D eigenvalue weighted by Crippen LogP contribution is -2.44. The van der Waals surface area contributed by atoms with Crippen molar-refractivity contribution in [2.45, 2.75) is 59.7 Å². The maximum Gasteiger partial charge on any atom is 0.427 e. The van der Waals surface area contributed by atoms with Gasteiger partial charge in [-0.3, -0.25) is 0 Å². The number of benzene rings is 2. The number of ether oxygens (including phenoxy) is 2. The largest absolute Gasteiger partial charge is 0.443 e. The first-order valence-electron chi connectivity index (χ1n) is 10.5. The molecule has 0 bridgehead atoms. The van der Waals surface area contributed by atoms with E-state index in [1.807, 2.05) is 43.3 Å². The zero-order chi connectivity index (χ0) is 24.6. The molecule has 0 radical (unpaired) electrons. The van der Waals surface area contributed by atoms with Gasteiger partial charge in [-0.25, -0.2) is 14.6 Å². The van der Waals surface area contributed by atoms with Gasteiger partial charge in [0.05, 0.1) is 5.69 Å². The number of carbonyl (C=O) groups excluding carboxylic acids is 2. The summed E-state index contributed by atoms with van der Waals surface area (Å²) in [4.78, 5) is 35.4. The molecule has 0 spiro atoms. The summed E-state index contributed by atoms with van der Waals surface area (Å²) in [5, 5.41) is 2.05. The van der Waals surface area contributed by atoms with Crippen LogP contribution in [0.3, 0.4) is 0 Å². The van der Waals surface area contributed by atoms with Crippen LogP contribution in [0.5, 0.6) is 0 Å². The number of nitrogens with zero attached hydrogens (tertiary/aromatic N) is 3. The van der Waals surface area contributed by atoms with E-state index < -0.39 is 23.4 Å². The molecule has 0 unspecified atom stereocenters. The Bertz CT molecular complexity index is 1180. The number of amides is 2. The third kappa shape index (κ3) is 5.99. The molecule has 3 rings (SSSR count). The Morgan fingerprint density at radius 2 is 1.45 bits per heavy atom. The van der Waals surface area contributed by atoms with E-state index >= 15 is 0 Å².